The molecule has 0 amide bonds. The SMILES string of the molecule is CN=C(NCc1ccc2c(c1)OCO2)NCC1(c2cccc(Cl)c2)CCOCC1.I. The zero-order chi connectivity index (χ0) is 20.1. The fourth-order valence-electron chi connectivity index (χ4n) is 3.86. The van der Waals surface area contributed by atoms with E-state index in [4.69, 9.17) is 25.8 Å². The van der Waals surface area contributed by atoms with Crippen LogP contribution in [0.1, 0.15) is 24.0 Å². The number of hydrogen-bond acceptors (Lipinski definition) is 4. The molecule has 0 aromatic heterocycles. The van der Waals surface area contributed by atoms with Crippen LogP contribution in [-0.2, 0) is 16.7 Å². The summed E-state index contributed by atoms with van der Waals surface area (Å²) in [6.07, 6.45) is 1.89. The molecule has 6 nitrogen and oxygen atoms in total. The molecule has 2 N–H and O–H groups in total. The second kappa shape index (κ2) is 10.5. The second-order valence-corrected chi connectivity index (χ2v) is 7.81. The molecule has 0 radical (unpaired) electrons. The molecular formula is C22H27ClIN3O3. The van der Waals surface area contributed by atoms with E-state index in [1.54, 1.807) is 7.05 Å². The van der Waals surface area contributed by atoms with Crippen molar-refractivity contribution in [1.29, 1.82) is 0 Å². The van der Waals surface area contributed by atoms with Gasteiger partial charge in [-0.05, 0) is 48.2 Å². The summed E-state index contributed by atoms with van der Waals surface area (Å²) in [4.78, 5) is 4.38. The molecule has 2 aliphatic heterocycles. The molecule has 0 atom stereocenters. The minimum atomic E-state index is -0.0283. The standard InChI is InChI=1S/C22H26ClN3O3.HI/c1-24-21(25-13-16-5-6-19-20(11-16)29-15-28-19)26-14-22(7-9-27-10-8-22)17-3-2-4-18(23)12-17;/h2-6,11-12H,7-10,13-15H2,1H3,(H2,24,25,26);1H. The zero-order valence-electron chi connectivity index (χ0n) is 16.9. The fraction of sp³-hybridized carbons (Fsp3) is 0.409. The highest BCUT2D eigenvalue weighted by atomic mass is 127. The van der Waals surface area contributed by atoms with E-state index in [-0.39, 0.29) is 36.2 Å². The van der Waals surface area contributed by atoms with Gasteiger partial charge in [0.2, 0.25) is 6.79 Å². The highest BCUT2D eigenvalue weighted by Gasteiger charge is 2.34. The Morgan fingerprint density at radius 3 is 2.63 bits per heavy atom. The van der Waals surface area contributed by atoms with Gasteiger partial charge in [-0.25, -0.2) is 0 Å². The number of ether oxygens (including phenoxy) is 3. The van der Waals surface area contributed by atoms with Crippen molar-refractivity contribution in [3.63, 3.8) is 0 Å². The largest absolute Gasteiger partial charge is 0.454 e. The molecule has 2 aromatic rings. The quantitative estimate of drug-likeness (QED) is 0.338. The second-order valence-electron chi connectivity index (χ2n) is 7.37. The van der Waals surface area contributed by atoms with Gasteiger partial charge in [-0.3, -0.25) is 4.99 Å². The van der Waals surface area contributed by atoms with Gasteiger partial charge in [0.25, 0.3) is 0 Å². The summed E-state index contributed by atoms with van der Waals surface area (Å²) in [5.41, 5.74) is 2.32. The highest BCUT2D eigenvalue weighted by Crippen LogP contribution is 2.35. The van der Waals surface area contributed by atoms with Crippen LogP contribution in [0, 0.1) is 0 Å². The van der Waals surface area contributed by atoms with Gasteiger partial charge in [-0.15, -0.1) is 24.0 Å². The van der Waals surface area contributed by atoms with Gasteiger partial charge in [0.05, 0.1) is 0 Å². The minimum absolute atomic E-state index is 0. The molecule has 0 aliphatic carbocycles. The summed E-state index contributed by atoms with van der Waals surface area (Å²) in [5, 5.41) is 7.65. The Labute approximate surface area is 199 Å². The highest BCUT2D eigenvalue weighted by molar-refractivity contribution is 14.0. The van der Waals surface area contributed by atoms with Crippen molar-refractivity contribution in [2.75, 3.05) is 33.6 Å². The Morgan fingerprint density at radius 1 is 1.07 bits per heavy atom. The topological polar surface area (TPSA) is 64.1 Å². The Morgan fingerprint density at radius 2 is 1.87 bits per heavy atom. The van der Waals surface area contributed by atoms with E-state index >= 15 is 0 Å². The normalized spacial score (nSPS) is 17.2. The summed E-state index contributed by atoms with van der Waals surface area (Å²) in [7, 11) is 1.78. The van der Waals surface area contributed by atoms with Crippen LogP contribution in [0.25, 0.3) is 0 Å². The molecule has 4 rings (SSSR count). The molecule has 0 spiro atoms. The number of rotatable bonds is 5. The first-order valence-electron chi connectivity index (χ1n) is 9.85. The third kappa shape index (κ3) is 5.31. The maximum Gasteiger partial charge on any atom is 0.231 e. The van der Waals surface area contributed by atoms with Crippen molar-refractivity contribution in [1.82, 2.24) is 10.6 Å². The van der Waals surface area contributed by atoms with E-state index in [0.29, 0.717) is 6.54 Å². The van der Waals surface area contributed by atoms with Crippen LogP contribution < -0.4 is 20.1 Å². The summed E-state index contributed by atoms with van der Waals surface area (Å²) in [6.45, 7) is 3.18. The maximum absolute atomic E-state index is 6.27. The van der Waals surface area contributed by atoms with Gasteiger partial charge in [-0.1, -0.05) is 29.8 Å². The number of hydrogen-bond donors (Lipinski definition) is 2. The maximum atomic E-state index is 6.27. The van der Waals surface area contributed by atoms with Crippen LogP contribution in [0.4, 0.5) is 0 Å². The monoisotopic (exact) mass is 543 g/mol. The molecule has 30 heavy (non-hydrogen) atoms. The number of nitrogens with zero attached hydrogens (tertiary/aromatic N) is 1. The van der Waals surface area contributed by atoms with Crippen molar-refractivity contribution >= 4 is 41.5 Å². The predicted molar refractivity (Wildman–Crippen MR) is 129 cm³/mol. The number of fused-ring (bicyclic) bond motifs is 1. The molecule has 1 saturated heterocycles. The van der Waals surface area contributed by atoms with Crippen LogP contribution in [0.3, 0.4) is 0 Å². The van der Waals surface area contributed by atoms with Gasteiger partial charge in [0.1, 0.15) is 0 Å². The lowest BCUT2D eigenvalue weighted by atomic mass is 9.74. The van der Waals surface area contributed by atoms with Crippen LogP contribution >= 0.6 is 35.6 Å². The molecule has 0 saturated carbocycles. The minimum Gasteiger partial charge on any atom is -0.454 e. The molecule has 162 valence electrons. The molecular weight excluding hydrogens is 517 g/mol. The summed E-state index contributed by atoms with van der Waals surface area (Å²) in [5.74, 6) is 2.34. The van der Waals surface area contributed by atoms with E-state index in [9.17, 15) is 0 Å². The van der Waals surface area contributed by atoms with Crippen molar-refractivity contribution < 1.29 is 14.2 Å². The Balaban J connectivity index is 0.00000256. The zero-order valence-corrected chi connectivity index (χ0v) is 20.0. The van der Waals surface area contributed by atoms with Crippen LogP contribution in [0.5, 0.6) is 11.5 Å². The van der Waals surface area contributed by atoms with Crippen LogP contribution in [0.2, 0.25) is 5.02 Å². The average molecular weight is 544 g/mol. The number of halogens is 2. The first-order valence-corrected chi connectivity index (χ1v) is 10.2. The van der Waals surface area contributed by atoms with Gasteiger partial charge < -0.3 is 24.8 Å². The van der Waals surface area contributed by atoms with Gasteiger partial charge in [0, 0.05) is 43.8 Å². The van der Waals surface area contributed by atoms with Gasteiger partial charge in [-0.2, -0.15) is 0 Å². The number of nitrogens with one attached hydrogen (secondary N) is 2. The fourth-order valence-corrected chi connectivity index (χ4v) is 4.05. The predicted octanol–water partition coefficient (Wildman–Crippen LogP) is 4.10. The third-order valence-electron chi connectivity index (χ3n) is 5.60. The summed E-state index contributed by atoms with van der Waals surface area (Å²) < 4.78 is 16.4. The van der Waals surface area contributed by atoms with E-state index in [0.717, 1.165) is 60.6 Å². The molecule has 0 unspecified atom stereocenters. The Hall–Kier alpha value is -1.71. The van der Waals surface area contributed by atoms with Gasteiger partial charge in [0.15, 0.2) is 17.5 Å². The first kappa shape index (κ1) is 23.0. The van der Waals surface area contributed by atoms with Crippen molar-refractivity contribution in [2.24, 2.45) is 4.99 Å². The summed E-state index contributed by atoms with van der Waals surface area (Å²) in [6, 6.07) is 14.1. The van der Waals surface area contributed by atoms with Crippen LogP contribution in [-0.4, -0.2) is 39.6 Å². The van der Waals surface area contributed by atoms with Gasteiger partial charge >= 0.3 is 0 Å². The smallest absolute Gasteiger partial charge is 0.231 e. The van der Waals surface area contributed by atoms with Crippen molar-refractivity contribution in [3.05, 3.63) is 58.6 Å². The number of guanidine groups is 1. The van der Waals surface area contributed by atoms with E-state index in [1.165, 1.54) is 5.56 Å². The van der Waals surface area contributed by atoms with Crippen LogP contribution in [0.15, 0.2) is 47.5 Å². The summed E-state index contributed by atoms with van der Waals surface area (Å²) >= 11 is 6.27. The Kier molecular flexibility index (Phi) is 8.07. The third-order valence-corrected chi connectivity index (χ3v) is 5.84. The van der Waals surface area contributed by atoms with E-state index < -0.39 is 0 Å². The van der Waals surface area contributed by atoms with Crippen molar-refractivity contribution in [2.45, 2.75) is 24.8 Å². The van der Waals surface area contributed by atoms with E-state index in [1.807, 2.05) is 30.3 Å². The molecule has 2 aliphatic rings. The number of benzene rings is 2. The Bertz CT molecular complexity index is 888. The molecule has 2 aromatic carbocycles. The molecule has 2 heterocycles. The van der Waals surface area contributed by atoms with Crippen molar-refractivity contribution in [3.8, 4) is 11.5 Å². The van der Waals surface area contributed by atoms with E-state index in [2.05, 4.69) is 27.8 Å². The molecule has 1 fully saturated rings. The number of aliphatic imine (C=N–C) groups is 1. The first-order chi connectivity index (χ1) is 14.2. The average Bonchev–Trinajstić information content (AvgIpc) is 3.22. The lowest BCUT2D eigenvalue weighted by Crippen LogP contribution is -2.47. The molecule has 8 heteroatoms. The lowest BCUT2D eigenvalue weighted by Gasteiger charge is -2.38. The molecule has 0 bridgehead atoms. The lowest BCUT2D eigenvalue weighted by molar-refractivity contribution is 0.0514.